The number of aliphatic hydroxyl groups is 1. The van der Waals surface area contributed by atoms with Crippen molar-refractivity contribution in [2.75, 3.05) is 32.8 Å². The number of rotatable bonds is 5. The molecule has 8 nitrogen and oxygen atoms in total. The summed E-state index contributed by atoms with van der Waals surface area (Å²) in [7, 11) is 0. The van der Waals surface area contributed by atoms with Crippen LogP contribution >= 0.6 is 0 Å². The monoisotopic (exact) mass is 343 g/mol. The maximum Gasteiger partial charge on any atom is 0.410 e. The molecule has 0 aromatic carbocycles. The molecular formula is C16H29N3O5. The first-order valence-electron chi connectivity index (χ1n) is 8.28. The van der Waals surface area contributed by atoms with Crippen LogP contribution in [0.3, 0.4) is 0 Å². The Morgan fingerprint density at radius 3 is 2.12 bits per heavy atom. The Bertz CT molecular complexity index is 453. The largest absolute Gasteiger partial charge is 0.444 e. The summed E-state index contributed by atoms with van der Waals surface area (Å²) in [6.45, 7) is 8.72. The Labute approximate surface area is 143 Å². The lowest BCUT2D eigenvalue weighted by Gasteiger charge is -2.35. The van der Waals surface area contributed by atoms with Gasteiger partial charge >= 0.3 is 6.09 Å². The molecule has 3 amide bonds. The lowest BCUT2D eigenvalue weighted by atomic mass is 10.2. The fraction of sp³-hybridized carbons (Fsp3) is 0.812. The molecule has 1 aliphatic rings. The molecule has 0 saturated carbocycles. The summed E-state index contributed by atoms with van der Waals surface area (Å²) in [6, 6.07) is -0.315. The number of piperazine rings is 1. The smallest absolute Gasteiger partial charge is 0.410 e. The SMILES string of the molecule is CC(CO)NC(=O)CCC(=O)N1CCN(C(=O)OC(C)(C)C)CC1. The average molecular weight is 343 g/mol. The van der Waals surface area contributed by atoms with Gasteiger partial charge in [-0.2, -0.15) is 0 Å². The number of aliphatic hydroxyl groups excluding tert-OH is 1. The fourth-order valence-corrected chi connectivity index (χ4v) is 2.24. The van der Waals surface area contributed by atoms with Crippen LogP contribution in [0, 0.1) is 0 Å². The molecule has 1 rings (SSSR count). The van der Waals surface area contributed by atoms with Crippen molar-refractivity contribution in [1.82, 2.24) is 15.1 Å². The van der Waals surface area contributed by atoms with E-state index in [1.165, 1.54) is 0 Å². The number of hydrogen-bond acceptors (Lipinski definition) is 5. The third-order valence-corrected chi connectivity index (χ3v) is 3.53. The van der Waals surface area contributed by atoms with Gasteiger partial charge in [0.05, 0.1) is 6.61 Å². The maximum atomic E-state index is 12.1. The van der Waals surface area contributed by atoms with E-state index in [1.54, 1.807) is 16.7 Å². The van der Waals surface area contributed by atoms with Crippen molar-refractivity contribution in [2.24, 2.45) is 0 Å². The average Bonchev–Trinajstić information content (AvgIpc) is 2.51. The predicted molar refractivity (Wildman–Crippen MR) is 88.3 cm³/mol. The van der Waals surface area contributed by atoms with Crippen LogP contribution in [-0.2, 0) is 14.3 Å². The van der Waals surface area contributed by atoms with Crippen molar-refractivity contribution in [3.63, 3.8) is 0 Å². The third-order valence-electron chi connectivity index (χ3n) is 3.53. The van der Waals surface area contributed by atoms with Gasteiger partial charge in [-0.05, 0) is 27.7 Å². The van der Waals surface area contributed by atoms with Crippen LogP contribution in [-0.4, -0.2) is 77.2 Å². The minimum atomic E-state index is -0.539. The number of carbonyl (C=O) groups is 3. The van der Waals surface area contributed by atoms with Crippen molar-refractivity contribution >= 4 is 17.9 Å². The van der Waals surface area contributed by atoms with Crippen molar-refractivity contribution in [1.29, 1.82) is 0 Å². The molecule has 138 valence electrons. The van der Waals surface area contributed by atoms with Gasteiger partial charge in [0.25, 0.3) is 0 Å². The standard InChI is InChI=1S/C16H29N3O5/c1-12(11-20)17-13(21)5-6-14(22)18-7-9-19(10-8-18)15(23)24-16(2,3)4/h12,20H,5-11H2,1-4H3,(H,17,21). The molecular weight excluding hydrogens is 314 g/mol. The summed E-state index contributed by atoms with van der Waals surface area (Å²) in [6.07, 6.45) is -0.154. The molecule has 0 spiro atoms. The van der Waals surface area contributed by atoms with E-state index in [9.17, 15) is 14.4 Å². The fourth-order valence-electron chi connectivity index (χ4n) is 2.24. The van der Waals surface area contributed by atoms with Gasteiger partial charge in [0.2, 0.25) is 11.8 Å². The van der Waals surface area contributed by atoms with E-state index in [0.717, 1.165) is 0 Å². The van der Waals surface area contributed by atoms with Gasteiger partial charge in [-0.15, -0.1) is 0 Å². The number of carbonyl (C=O) groups excluding carboxylic acids is 3. The highest BCUT2D eigenvalue weighted by Gasteiger charge is 2.27. The first kappa shape index (κ1) is 20.2. The zero-order valence-corrected chi connectivity index (χ0v) is 15.0. The summed E-state index contributed by atoms with van der Waals surface area (Å²) in [5.41, 5.74) is -0.539. The minimum Gasteiger partial charge on any atom is -0.444 e. The van der Waals surface area contributed by atoms with Gasteiger partial charge in [-0.25, -0.2) is 4.79 Å². The van der Waals surface area contributed by atoms with E-state index in [4.69, 9.17) is 9.84 Å². The second-order valence-corrected chi connectivity index (χ2v) is 7.00. The molecule has 1 unspecified atom stereocenters. The lowest BCUT2D eigenvalue weighted by Crippen LogP contribution is -2.51. The first-order valence-corrected chi connectivity index (χ1v) is 8.28. The van der Waals surface area contributed by atoms with Crippen LogP contribution in [0.2, 0.25) is 0 Å². The van der Waals surface area contributed by atoms with Crippen LogP contribution in [0.4, 0.5) is 4.79 Å². The van der Waals surface area contributed by atoms with Crippen LogP contribution in [0.15, 0.2) is 0 Å². The summed E-state index contributed by atoms with van der Waals surface area (Å²) in [4.78, 5) is 38.9. The molecule has 24 heavy (non-hydrogen) atoms. The van der Waals surface area contributed by atoms with Crippen LogP contribution in [0.25, 0.3) is 0 Å². The van der Waals surface area contributed by atoms with E-state index in [0.29, 0.717) is 26.2 Å². The normalized spacial score (nSPS) is 16.5. The summed E-state index contributed by atoms with van der Waals surface area (Å²) in [5.74, 6) is -0.358. The molecule has 1 heterocycles. The number of ether oxygens (including phenoxy) is 1. The van der Waals surface area contributed by atoms with E-state index in [2.05, 4.69) is 5.32 Å². The Balaban J connectivity index is 2.33. The van der Waals surface area contributed by atoms with Gasteiger partial charge in [-0.1, -0.05) is 0 Å². The molecule has 2 N–H and O–H groups in total. The van der Waals surface area contributed by atoms with Crippen molar-refractivity contribution in [2.45, 2.75) is 52.2 Å². The third kappa shape index (κ3) is 7.16. The highest BCUT2D eigenvalue weighted by Crippen LogP contribution is 2.12. The number of amides is 3. The Morgan fingerprint density at radius 1 is 1.08 bits per heavy atom. The van der Waals surface area contributed by atoms with Crippen molar-refractivity contribution in [3.05, 3.63) is 0 Å². The molecule has 1 fully saturated rings. The molecule has 0 aromatic heterocycles. The van der Waals surface area contributed by atoms with Crippen LogP contribution < -0.4 is 5.32 Å². The van der Waals surface area contributed by atoms with Gasteiger partial charge in [0.15, 0.2) is 0 Å². The molecule has 0 aromatic rings. The first-order chi connectivity index (χ1) is 11.1. The van der Waals surface area contributed by atoms with Gasteiger partial charge in [-0.3, -0.25) is 9.59 Å². The highest BCUT2D eigenvalue weighted by atomic mass is 16.6. The zero-order valence-electron chi connectivity index (χ0n) is 15.0. The summed E-state index contributed by atoms with van der Waals surface area (Å²) >= 11 is 0. The molecule has 0 aliphatic carbocycles. The Morgan fingerprint density at radius 2 is 1.62 bits per heavy atom. The predicted octanol–water partition coefficient (Wildman–Crippen LogP) is 0.343. The number of nitrogens with zero attached hydrogens (tertiary/aromatic N) is 2. The molecule has 1 atom stereocenters. The quantitative estimate of drug-likeness (QED) is 0.750. The molecule has 0 radical (unpaired) electrons. The molecule has 1 aliphatic heterocycles. The van der Waals surface area contributed by atoms with E-state index >= 15 is 0 Å². The van der Waals surface area contributed by atoms with Crippen LogP contribution in [0.1, 0.15) is 40.5 Å². The van der Waals surface area contributed by atoms with Gasteiger partial charge in [0, 0.05) is 45.1 Å². The second kappa shape index (κ2) is 8.86. The molecule has 1 saturated heterocycles. The lowest BCUT2D eigenvalue weighted by molar-refractivity contribution is -0.135. The second-order valence-electron chi connectivity index (χ2n) is 7.00. The molecule has 8 heteroatoms. The van der Waals surface area contributed by atoms with E-state index < -0.39 is 5.60 Å². The van der Waals surface area contributed by atoms with Crippen LogP contribution in [0.5, 0.6) is 0 Å². The highest BCUT2D eigenvalue weighted by molar-refractivity contribution is 5.84. The number of hydrogen-bond donors (Lipinski definition) is 2. The Hall–Kier alpha value is -1.83. The van der Waals surface area contributed by atoms with E-state index in [-0.39, 0.29) is 43.4 Å². The summed E-state index contributed by atoms with van der Waals surface area (Å²) < 4.78 is 5.31. The van der Waals surface area contributed by atoms with Gasteiger partial charge < -0.3 is 25.0 Å². The van der Waals surface area contributed by atoms with Crippen molar-refractivity contribution in [3.8, 4) is 0 Å². The molecule has 0 bridgehead atoms. The van der Waals surface area contributed by atoms with Gasteiger partial charge in [0.1, 0.15) is 5.60 Å². The minimum absolute atomic E-state index is 0.0927. The van der Waals surface area contributed by atoms with E-state index in [1.807, 2.05) is 20.8 Å². The topological polar surface area (TPSA) is 99.2 Å². The van der Waals surface area contributed by atoms with Crippen molar-refractivity contribution < 1.29 is 24.2 Å². The maximum absolute atomic E-state index is 12.1. The Kier molecular flexibility index (Phi) is 7.47. The zero-order chi connectivity index (χ0) is 18.3. The summed E-state index contributed by atoms with van der Waals surface area (Å²) in [5, 5.41) is 11.5. The number of nitrogens with one attached hydrogen (secondary N) is 1.